The predicted octanol–water partition coefficient (Wildman–Crippen LogP) is 6.23. The van der Waals surface area contributed by atoms with E-state index in [1.165, 1.54) is 24.3 Å². The summed E-state index contributed by atoms with van der Waals surface area (Å²) >= 11 is 0. The molecule has 1 aliphatic rings. The van der Waals surface area contributed by atoms with Gasteiger partial charge in [-0.15, -0.1) is 0 Å². The van der Waals surface area contributed by atoms with E-state index in [0.717, 1.165) is 11.3 Å². The van der Waals surface area contributed by atoms with Crippen molar-refractivity contribution in [2.45, 2.75) is 13.0 Å². The zero-order chi connectivity index (χ0) is 22.2. The molecule has 0 radical (unpaired) electrons. The highest BCUT2D eigenvalue weighted by Gasteiger charge is 2.25. The summed E-state index contributed by atoms with van der Waals surface area (Å²) in [5.74, 6) is -0.100. The monoisotopic (exact) mass is 433 g/mol. The van der Waals surface area contributed by atoms with E-state index in [9.17, 15) is 14.3 Å². The molecule has 0 bridgehead atoms. The van der Waals surface area contributed by atoms with Crippen molar-refractivity contribution in [2.24, 2.45) is 0 Å². The van der Waals surface area contributed by atoms with Gasteiger partial charge >= 0.3 is 5.97 Å². The van der Waals surface area contributed by atoms with Crippen molar-refractivity contribution < 1.29 is 28.2 Å². The first-order valence-electron chi connectivity index (χ1n) is 10.2. The van der Waals surface area contributed by atoms with Gasteiger partial charge in [0, 0.05) is 34.8 Å². The maximum atomic E-state index is 13.1. The molecule has 2 N–H and O–H groups in total. The second-order valence-corrected chi connectivity index (χ2v) is 7.57. The number of fused-ring (bicyclic) bond motifs is 2. The van der Waals surface area contributed by atoms with Crippen molar-refractivity contribution in [3.8, 4) is 22.8 Å². The van der Waals surface area contributed by atoms with Gasteiger partial charge in [0.1, 0.15) is 34.2 Å². The molecule has 2 heterocycles. The summed E-state index contributed by atoms with van der Waals surface area (Å²) in [7, 11) is 0. The van der Waals surface area contributed by atoms with Gasteiger partial charge in [0.15, 0.2) is 0 Å². The Kier molecular flexibility index (Phi) is 5.03. The van der Waals surface area contributed by atoms with Crippen molar-refractivity contribution >= 4 is 22.6 Å². The largest absolute Gasteiger partial charge is 0.478 e. The number of halogens is 1. The number of nitrogens with one attached hydrogen (secondary N) is 1. The Bertz CT molecular complexity index is 1290. The van der Waals surface area contributed by atoms with E-state index in [0.29, 0.717) is 41.2 Å². The lowest BCUT2D eigenvalue weighted by Crippen LogP contribution is -2.04. The minimum absolute atomic E-state index is 0.103. The summed E-state index contributed by atoms with van der Waals surface area (Å²) in [5, 5.41) is 13.8. The average Bonchev–Trinajstić information content (AvgIpc) is 3.07. The predicted molar refractivity (Wildman–Crippen MR) is 118 cm³/mol. The summed E-state index contributed by atoms with van der Waals surface area (Å²) in [6, 6.07) is 16.3. The number of carboxylic acid groups (broad SMARTS) is 1. The van der Waals surface area contributed by atoms with Crippen LogP contribution in [0.3, 0.4) is 0 Å². The third kappa shape index (κ3) is 3.67. The van der Waals surface area contributed by atoms with Gasteiger partial charge < -0.3 is 24.3 Å². The Hall–Kier alpha value is -3.84. The molecule has 1 aromatic heterocycles. The second-order valence-electron chi connectivity index (χ2n) is 7.57. The Morgan fingerprint density at radius 2 is 1.78 bits per heavy atom. The number of benzene rings is 3. The van der Waals surface area contributed by atoms with Crippen LogP contribution < -0.4 is 10.1 Å². The standard InChI is InChI=1S/C25H20FNO5/c1-14-19-12-20-22(13-21(19)27-10-11-30-14)32-24(23(20)25(28)29)15-2-6-17(7-3-15)31-18-8-4-16(26)5-9-18/h2-9,12-14,27H,10-11H2,1H3,(H,28,29). The van der Waals surface area contributed by atoms with E-state index in [4.69, 9.17) is 13.9 Å². The van der Waals surface area contributed by atoms with Crippen LogP contribution in [0.15, 0.2) is 65.1 Å². The highest BCUT2D eigenvalue weighted by molar-refractivity contribution is 6.08. The smallest absolute Gasteiger partial charge is 0.340 e. The fourth-order valence-corrected chi connectivity index (χ4v) is 3.89. The molecular formula is C25H20FNO5. The van der Waals surface area contributed by atoms with E-state index in [1.54, 1.807) is 24.3 Å². The van der Waals surface area contributed by atoms with E-state index >= 15 is 0 Å². The van der Waals surface area contributed by atoms with Crippen LogP contribution in [-0.2, 0) is 4.74 Å². The quantitative estimate of drug-likeness (QED) is 0.397. The number of carboxylic acids is 1. The van der Waals surface area contributed by atoms with Crippen LogP contribution in [0, 0.1) is 5.82 Å². The molecule has 32 heavy (non-hydrogen) atoms. The summed E-state index contributed by atoms with van der Waals surface area (Å²) in [4.78, 5) is 12.2. The molecule has 0 aliphatic carbocycles. The van der Waals surface area contributed by atoms with Crippen LogP contribution in [0.4, 0.5) is 10.1 Å². The van der Waals surface area contributed by atoms with Crippen LogP contribution >= 0.6 is 0 Å². The third-order valence-electron chi connectivity index (χ3n) is 5.46. The highest BCUT2D eigenvalue weighted by atomic mass is 19.1. The minimum atomic E-state index is -1.07. The zero-order valence-corrected chi connectivity index (χ0v) is 17.2. The summed E-state index contributed by atoms with van der Waals surface area (Å²) in [6.07, 6.45) is -0.160. The lowest BCUT2D eigenvalue weighted by molar-refractivity contribution is 0.0698. The van der Waals surface area contributed by atoms with E-state index < -0.39 is 5.97 Å². The van der Waals surface area contributed by atoms with E-state index in [-0.39, 0.29) is 23.2 Å². The first-order valence-corrected chi connectivity index (χ1v) is 10.2. The van der Waals surface area contributed by atoms with Crippen molar-refractivity contribution in [2.75, 3.05) is 18.5 Å². The first kappa shape index (κ1) is 20.1. The van der Waals surface area contributed by atoms with Crippen molar-refractivity contribution in [1.29, 1.82) is 0 Å². The molecule has 162 valence electrons. The molecular weight excluding hydrogens is 413 g/mol. The SMILES string of the molecule is CC1OCCNc2cc3oc(-c4ccc(Oc5ccc(F)cc5)cc4)c(C(=O)O)c3cc21. The van der Waals surface area contributed by atoms with Crippen LogP contribution in [-0.4, -0.2) is 24.2 Å². The Balaban J connectivity index is 1.54. The molecule has 0 saturated heterocycles. The number of furan rings is 1. The van der Waals surface area contributed by atoms with Gasteiger partial charge in [-0.2, -0.15) is 0 Å². The van der Waals surface area contributed by atoms with Crippen LogP contribution in [0.25, 0.3) is 22.3 Å². The van der Waals surface area contributed by atoms with Crippen LogP contribution in [0.1, 0.15) is 28.9 Å². The molecule has 4 aromatic rings. The van der Waals surface area contributed by atoms with Crippen molar-refractivity contribution in [3.05, 3.63) is 77.6 Å². The Morgan fingerprint density at radius 1 is 1.09 bits per heavy atom. The number of rotatable bonds is 4. The third-order valence-corrected chi connectivity index (χ3v) is 5.46. The topological polar surface area (TPSA) is 80.9 Å². The van der Waals surface area contributed by atoms with Gasteiger partial charge in [-0.25, -0.2) is 9.18 Å². The van der Waals surface area contributed by atoms with Crippen LogP contribution in [0.2, 0.25) is 0 Å². The maximum Gasteiger partial charge on any atom is 0.340 e. The molecule has 0 amide bonds. The van der Waals surface area contributed by atoms with Crippen LogP contribution in [0.5, 0.6) is 11.5 Å². The molecule has 5 rings (SSSR count). The number of aromatic carboxylic acids is 1. The van der Waals surface area contributed by atoms with Gasteiger partial charge in [-0.3, -0.25) is 0 Å². The normalized spacial score (nSPS) is 15.6. The van der Waals surface area contributed by atoms with Gasteiger partial charge in [0.2, 0.25) is 0 Å². The number of hydrogen-bond donors (Lipinski definition) is 2. The molecule has 1 aliphatic heterocycles. The average molecular weight is 433 g/mol. The Labute approximate surface area is 183 Å². The van der Waals surface area contributed by atoms with E-state index in [2.05, 4.69) is 5.32 Å². The lowest BCUT2D eigenvalue weighted by Gasteiger charge is -2.12. The Morgan fingerprint density at radius 3 is 2.47 bits per heavy atom. The molecule has 0 saturated carbocycles. The molecule has 3 aromatic carbocycles. The van der Waals surface area contributed by atoms with Crippen molar-refractivity contribution in [1.82, 2.24) is 0 Å². The summed E-state index contributed by atoms with van der Waals surface area (Å²) in [6.45, 7) is 3.18. The van der Waals surface area contributed by atoms with Gasteiger partial charge in [-0.05, 0) is 61.5 Å². The van der Waals surface area contributed by atoms with Gasteiger partial charge in [0.05, 0.1) is 12.7 Å². The number of ether oxygens (including phenoxy) is 2. The lowest BCUT2D eigenvalue weighted by atomic mass is 10.0. The number of anilines is 1. The molecule has 6 nitrogen and oxygen atoms in total. The number of carbonyl (C=O) groups is 1. The fraction of sp³-hybridized carbons (Fsp3) is 0.160. The minimum Gasteiger partial charge on any atom is -0.478 e. The zero-order valence-electron chi connectivity index (χ0n) is 17.2. The molecule has 1 unspecified atom stereocenters. The molecule has 7 heteroatoms. The van der Waals surface area contributed by atoms with Gasteiger partial charge in [0.25, 0.3) is 0 Å². The number of hydrogen-bond acceptors (Lipinski definition) is 5. The summed E-state index contributed by atoms with van der Waals surface area (Å²) < 4.78 is 30.6. The molecule has 0 spiro atoms. The second kappa shape index (κ2) is 8.01. The van der Waals surface area contributed by atoms with Crippen molar-refractivity contribution in [3.63, 3.8) is 0 Å². The molecule has 1 atom stereocenters. The highest BCUT2D eigenvalue weighted by Crippen LogP contribution is 2.39. The molecule has 0 fully saturated rings. The summed E-state index contributed by atoms with van der Waals surface area (Å²) in [5.41, 5.74) is 2.98. The maximum absolute atomic E-state index is 13.1. The fourth-order valence-electron chi connectivity index (χ4n) is 3.89. The van der Waals surface area contributed by atoms with Gasteiger partial charge in [-0.1, -0.05) is 0 Å². The van der Waals surface area contributed by atoms with E-state index in [1.807, 2.05) is 19.1 Å². The first-order chi connectivity index (χ1) is 15.5.